The van der Waals surface area contributed by atoms with Crippen molar-refractivity contribution in [3.05, 3.63) is 192 Å². The molecule has 0 saturated heterocycles. The maximum Gasteiger partial charge on any atom is 0.128 e. The molecule has 0 heterocycles. The molecule has 0 aliphatic rings. The lowest BCUT2D eigenvalue weighted by Gasteiger charge is -2.15. The highest BCUT2D eigenvalue weighted by molar-refractivity contribution is 6.11. The van der Waals surface area contributed by atoms with Crippen molar-refractivity contribution in [1.82, 2.24) is 0 Å². The Hall–Kier alpha value is -7.05. The third kappa shape index (κ3) is 7.73. The molecule has 0 saturated carbocycles. The standard InChI is InChI=1S/C48H37NO5/c50-45-24-21-37-16-8-10-18-43(37)48(45)47-42-17-9-7-15-36(42)20-23-44(47)49-29-38-19-22-39(28-46(38)51)52-32-35-25-40(53-30-33-11-3-1-4-12-33)27-41(26-35)54-31-34-13-5-2-6-14-34/h1-29,50-51H,30-32H2. The van der Waals surface area contributed by atoms with E-state index < -0.39 is 0 Å². The van der Waals surface area contributed by atoms with Gasteiger partial charge in [0.05, 0.1) is 5.69 Å². The van der Waals surface area contributed by atoms with Crippen LogP contribution in [0.1, 0.15) is 22.3 Å². The fourth-order valence-corrected chi connectivity index (χ4v) is 6.54. The summed E-state index contributed by atoms with van der Waals surface area (Å²) < 4.78 is 18.5. The molecule has 0 amide bonds. The Balaban J connectivity index is 1.03. The number of benzene rings is 8. The zero-order chi connectivity index (χ0) is 36.7. The van der Waals surface area contributed by atoms with E-state index in [1.54, 1.807) is 24.4 Å². The first-order chi connectivity index (χ1) is 26.6. The van der Waals surface area contributed by atoms with Crippen LogP contribution in [0.3, 0.4) is 0 Å². The Morgan fingerprint density at radius 2 is 0.963 bits per heavy atom. The summed E-state index contributed by atoms with van der Waals surface area (Å²) in [6.07, 6.45) is 1.64. The molecule has 0 unspecified atom stereocenters. The summed E-state index contributed by atoms with van der Waals surface area (Å²) in [6, 6.07) is 54.6. The van der Waals surface area contributed by atoms with Gasteiger partial charge in [0.15, 0.2) is 0 Å². The van der Waals surface area contributed by atoms with Gasteiger partial charge >= 0.3 is 0 Å². The Morgan fingerprint density at radius 3 is 1.59 bits per heavy atom. The lowest BCUT2D eigenvalue weighted by Crippen LogP contribution is -2.01. The minimum Gasteiger partial charge on any atom is -0.507 e. The van der Waals surface area contributed by atoms with E-state index >= 15 is 0 Å². The second-order valence-corrected chi connectivity index (χ2v) is 13.0. The van der Waals surface area contributed by atoms with Crippen molar-refractivity contribution in [2.24, 2.45) is 4.99 Å². The second kappa shape index (κ2) is 15.7. The molecule has 0 radical (unpaired) electrons. The smallest absolute Gasteiger partial charge is 0.128 e. The van der Waals surface area contributed by atoms with E-state index in [2.05, 4.69) is 0 Å². The van der Waals surface area contributed by atoms with E-state index in [9.17, 15) is 10.2 Å². The van der Waals surface area contributed by atoms with Gasteiger partial charge in [-0.1, -0.05) is 121 Å². The van der Waals surface area contributed by atoms with Gasteiger partial charge in [-0.25, -0.2) is 0 Å². The quantitative estimate of drug-likeness (QED) is 0.124. The van der Waals surface area contributed by atoms with Gasteiger partial charge in [0.2, 0.25) is 0 Å². The van der Waals surface area contributed by atoms with E-state index in [-0.39, 0.29) is 18.1 Å². The number of nitrogens with zero attached hydrogens (tertiary/aromatic N) is 1. The van der Waals surface area contributed by atoms with Crippen LogP contribution >= 0.6 is 0 Å². The predicted octanol–water partition coefficient (Wildman–Crippen LogP) is 11.6. The van der Waals surface area contributed by atoms with Crippen molar-refractivity contribution in [2.75, 3.05) is 0 Å². The highest BCUT2D eigenvalue weighted by Gasteiger charge is 2.17. The summed E-state index contributed by atoms with van der Waals surface area (Å²) in [5.74, 6) is 2.04. The number of fused-ring (bicyclic) bond motifs is 2. The van der Waals surface area contributed by atoms with Crippen LogP contribution in [0.5, 0.6) is 28.7 Å². The first-order valence-electron chi connectivity index (χ1n) is 17.8. The number of hydrogen-bond acceptors (Lipinski definition) is 6. The van der Waals surface area contributed by atoms with Gasteiger partial charge in [-0.05, 0) is 74.6 Å². The predicted molar refractivity (Wildman–Crippen MR) is 216 cm³/mol. The second-order valence-electron chi connectivity index (χ2n) is 13.0. The zero-order valence-corrected chi connectivity index (χ0v) is 29.4. The molecular weight excluding hydrogens is 671 g/mol. The molecule has 0 spiro atoms. The van der Waals surface area contributed by atoms with Gasteiger partial charge in [-0.2, -0.15) is 0 Å². The monoisotopic (exact) mass is 707 g/mol. The number of phenols is 2. The van der Waals surface area contributed by atoms with Gasteiger partial charge in [-0.15, -0.1) is 0 Å². The minimum atomic E-state index is 0.0263. The molecule has 0 aliphatic heterocycles. The molecule has 8 aromatic carbocycles. The number of rotatable bonds is 12. The maximum absolute atomic E-state index is 11.2. The van der Waals surface area contributed by atoms with Gasteiger partial charge in [0.1, 0.15) is 48.6 Å². The number of aliphatic imine (C=N–C) groups is 1. The van der Waals surface area contributed by atoms with Crippen molar-refractivity contribution in [3.8, 4) is 39.9 Å². The van der Waals surface area contributed by atoms with Crippen molar-refractivity contribution in [2.45, 2.75) is 19.8 Å². The Kier molecular flexibility index (Phi) is 9.89. The van der Waals surface area contributed by atoms with Crippen LogP contribution in [-0.2, 0) is 19.8 Å². The maximum atomic E-state index is 11.2. The molecular formula is C48H37NO5. The average molecular weight is 708 g/mol. The molecule has 0 aliphatic carbocycles. The summed E-state index contributed by atoms with van der Waals surface area (Å²) in [6.45, 7) is 1.07. The lowest BCUT2D eigenvalue weighted by molar-refractivity contribution is 0.281. The van der Waals surface area contributed by atoms with Crippen molar-refractivity contribution < 1.29 is 24.4 Å². The Labute approximate surface area is 313 Å². The summed E-state index contributed by atoms with van der Waals surface area (Å²) in [5.41, 5.74) is 5.71. The molecule has 54 heavy (non-hydrogen) atoms. The Morgan fingerprint density at radius 1 is 0.426 bits per heavy atom. The van der Waals surface area contributed by atoms with Crippen LogP contribution < -0.4 is 14.2 Å². The minimum absolute atomic E-state index is 0.0263. The van der Waals surface area contributed by atoms with E-state index in [1.165, 1.54) is 0 Å². The van der Waals surface area contributed by atoms with Crippen molar-refractivity contribution in [1.29, 1.82) is 0 Å². The molecule has 8 rings (SSSR count). The summed E-state index contributed by atoms with van der Waals surface area (Å²) >= 11 is 0. The van der Waals surface area contributed by atoms with Gasteiger partial charge in [0, 0.05) is 35.0 Å². The highest BCUT2D eigenvalue weighted by Crippen LogP contribution is 2.45. The third-order valence-corrected chi connectivity index (χ3v) is 9.25. The summed E-state index contributed by atoms with van der Waals surface area (Å²) in [4.78, 5) is 4.87. The molecule has 0 bridgehead atoms. The number of aromatic hydroxyl groups is 2. The Bertz CT molecular complexity index is 2520. The van der Waals surface area contributed by atoms with Gasteiger partial charge in [-0.3, -0.25) is 4.99 Å². The van der Waals surface area contributed by atoms with E-state index in [0.717, 1.165) is 43.8 Å². The third-order valence-electron chi connectivity index (χ3n) is 9.25. The van der Waals surface area contributed by atoms with Crippen LogP contribution in [0.15, 0.2) is 175 Å². The highest BCUT2D eigenvalue weighted by atomic mass is 16.5. The molecule has 8 aromatic rings. The van der Waals surface area contributed by atoms with Crippen LogP contribution in [0.4, 0.5) is 5.69 Å². The molecule has 2 N–H and O–H groups in total. The molecule has 6 heteroatoms. The molecule has 264 valence electrons. The van der Waals surface area contributed by atoms with E-state index in [4.69, 9.17) is 19.2 Å². The molecule has 0 aromatic heterocycles. The topological polar surface area (TPSA) is 80.5 Å². The van der Waals surface area contributed by atoms with E-state index in [0.29, 0.717) is 47.3 Å². The first-order valence-corrected chi connectivity index (χ1v) is 17.8. The SMILES string of the molecule is Oc1cc(OCc2cc(OCc3ccccc3)cc(OCc3ccccc3)c2)ccc1C=Nc1ccc2ccccc2c1-c1c(O)ccc2ccccc12. The molecule has 0 fully saturated rings. The van der Waals surface area contributed by atoms with Crippen LogP contribution in [0, 0.1) is 0 Å². The summed E-state index contributed by atoms with van der Waals surface area (Å²) in [7, 11) is 0. The first kappa shape index (κ1) is 34.1. The van der Waals surface area contributed by atoms with Crippen molar-refractivity contribution >= 4 is 33.4 Å². The fourth-order valence-electron chi connectivity index (χ4n) is 6.54. The number of phenolic OH excluding ortho intramolecular Hbond substituents is 2. The van der Waals surface area contributed by atoms with Gasteiger partial charge < -0.3 is 24.4 Å². The fraction of sp³-hybridized carbons (Fsp3) is 0.0625. The van der Waals surface area contributed by atoms with Crippen LogP contribution in [0.25, 0.3) is 32.7 Å². The van der Waals surface area contributed by atoms with E-state index in [1.807, 2.05) is 152 Å². The average Bonchev–Trinajstić information content (AvgIpc) is 3.22. The van der Waals surface area contributed by atoms with Crippen LogP contribution in [0.2, 0.25) is 0 Å². The lowest BCUT2D eigenvalue weighted by atomic mass is 9.92. The van der Waals surface area contributed by atoms with Crippen molar-refractivity contribution in [3.63, 3.8) is 0 Å². The molecule has 6 nitrogen and oxygen atoms in total. The number of hydrogen-bond donors (Lipinski definition) is 2. The number of ether oxygens (including phenoxy) is 3. The zero-order valence-electron chi connectivity index (χ0n) is 29.4. The normalized spacial score (nSPS) is 11.3. The van der Waals surface area contributed by atoms with Crippen LogP contribution in [-0.4, -0.2) is 16.4 Å². The summed E-state index contributed by atoms with van der Waals surface area (Å²) in [5, 5.41) is 26.2. The molecule has 0 atom stereocenters. The largest absolute Gasteiger partial charge is 0.507 e. The van der Waals surface area contributed by atoms with Gasteiger partial charge in [0.25, 0.3) is 0 Å².